The van der Waals surface area contributed by atoms with E-state index in [1.165, 1.54) is 16.8 Å². The molecular weight excluding hydrogens is 397 g/mol. The lowest BCUT2D eigenvalue weighted by Gasteiger charge is -2.35. The number of amides is 1. The van der Waals surface area contributed by atoms with Gasteiger partial charge in [-0.15, -0.1) is 5.10 Å². The van der Waals surface area contributed by atoms with Crippen molar-refractivity contribution in [1.29, 1.82) is 0 Å². The van der Waals surface area contributed by atoms with Crippen LogP contribution in [0, 0.1) is 18.7 Å². The number of likely N-dealkylation sites (tertiary alicyclic amines) is 1. The Kier molecular flexibility index (Phi) is 6.54. The molecule has 7 nitrogen and oxygen atoms in total. The first-order valence-electron chi connectivity index (χ1n) is 10.6. The van der Waals surface area contributed by atoms with Crippen molar-refractivity contribution in [3.05, 3.63) is 71.8 Å². The molecule has 1 fully saturated rings. The summed E-state index contributed by atoms with van der Waals surface area (Å²) in [6.07, 6.45) is 2.25. The van der Waals surface area contributed by atoms with Crippen LogP contribution < -0.4 is 4.74 Å². The summed E-state index contributed by atoms with van der Waals surface area (Å²) in [5, 5.41) is 11.7. The van der Waals surface area contributed by atoms with E-state index in [1.807, 2.05) is 41.3 Å². The van der Waals surface area contributed by atoms with Crippen molar-refractivity contribution in [1.82, 2.24) is 25.1 Å². The van der Waals surface area contributed by atoms with Crippen LogP contribution in [-0.4, -0.2) is 50.7 Å². The summed E-state index contributed by atoms with van der Waals surface area (Å²) in [6.45, 7) is 3.62. The standard InChI is InChI=1S/C23H26FN5O2/c1-17-25-26-27-29(17)22(14-18-7-5-9-20(24)13-18)23(30)28-12-6-8-19(15-28)16-31-21-10-3-2-4-11-21/h2-5,7,9-11,13,19,22H,6,8,12,14-16H2,1H3. The molecule has 0 radical (unpaired) electrons. The van der Waals surface area contributed by atoms with Gasteiger partial charge in [0.2, 0.25) is 5.91 Å². The van der Waals surface area contributed by atoms with E-state index in [0.29, 0.717) is 31.9 Å². The monoisotopic (exact) mass is 423 g/mol. The molecule has 1 amide bonds. The Labute approximate surface area is 180 Å². The Morgan fingerprint density at radius 1 is 1.23 bits per heavy atom. The van der Waals surface area contributed by atoms with Crippen LogP contribution >= 0.6 is 0 Å². The SMILES string of the molecule is Cc1nnnn1C(Cc1cccc(F)c1)C(=O)N1CCCC(COc2ccccc2)C1. The van der Waals surface area contributed by atoms with Gasteiger partial charge in [0, 0.05) is 25.4 Å². The molecule has 3 aromatic rings. The number of hydrogen-bond donors (Lipinski definition) is 0. The van der Waals surface area contributed by atoms with Gasteiger partial charge < -0.3 is 9.64 Å². The zero-order valence-corrected chi connectivity index (χ0v) is 17.5. The molecule has 1 aliphatic heterocycles. The van der Waals surface area contributed by atoms with Gasteiger partial charge in [0.25, 0.3) is 0 Å². The van der Waals surface area contributed by atoms with Crippen molar-refractivity contribution in [3.8, 4) is 5.75 Å². The topological polar surface area (TPSA) is 73.1 Å². The minimum absolute atomic E-state index is 0.0518. The van der Waals surface area contributed by atoms with Gasteiger partial charge in [-0.1, -0.05) is 30.3 Å². The summed E-state index contributed by atoms with van der Waals surface area (Å²) in [5.74, 6) is 1.26. The summed E-state index contributed by atoms with van der Waals surface area (Å²) in [6, 6.07) is 15.4. The minimum Gasteiger partial charge on any atom is -0.493 e. The number of para-hydroxylation sites is 1. The van der Waals surface area contributed by atoms with E-state index in [9.17, 15) is 9.18 Å². The summed E-state index contributed by atoms with van der Waals surface area (Å²) in [4.78, 5) is 15.4. The molecule has 2 unspecified atom stereocenters. The van der Waals surface area contributed by atoms with Gasteiger partial charge in [-0.25, -0.2) is 9.07 Å². The Balaban J connectivity index is 1.47. The molecule has 0 bridgehead atoms. The number of hydrogen-bond acceptors (Lipinski definition) is 5. The van der Waals surface area contributed by atoms with Crippen molar-refractivity contribution >= 4 is 5.91 Å². The molecule has 1 saturated heterocycles. The first kappa shape index (κ1) is 21.0. The van der Waals surface area contributed by atoms with E-state index in [0.717, 1.165) is 24.2 Å². The summed E-state index contributed by atoms with van der Waals surface area (Å²) >= 11 is 0. The van der Waals surface area contributed by atoms with Crippen molar-refractivity contribution in [2.45, 2.75) is 32.2 Å². The molecule has 2 atom stereocenters. The number of aryl methyl sites for hydroxylation is 1. The molecule has 1 aromatic heterocycles. The zero-order valence-electron chi connectivity index (χ0n) is 17.5. The smallest absolute Gasteiger partial charge is 0.247 e. The summed E-state index contributed by atoms with van der Waals surface area (Å²) in [7, 11) is 0. The third kappa shape index (κ3) is 5.25. The maximum absolute atomic E-state index is 13.7. The summed E-state index contributed by atoms with van der Waals surface area (Å²) < 4.78 is 21.2. The number of nitrogens with zero attached hydrogens (tertiary/aromatic N) is 5. The van der Waals surface area contributed by atoms with Gasteiger partial charge in [-0.2, -0.15) is 0 Å². The maximum Gasteiger partial charge on any atom is 0.247 e. The second kappa shape index (κ2) is 9.68. The van der Waals surface area contributed by atoms with Crippen molar-refractivity contribution in [3.63, 3.8) is 0 Å². The predicted octanol–water partition coefficient (Wildman–Crippen LogP) is 3.22. The van der Waals surface area contributed by atoms with Crippen molar-refractivity contribution in [2.24, 2.45) is 5.92 Å². The lowest BCUT2D eigenvalue weighted by Crippen LogP contribution is -2.45. The third-order valence-corrected chi connectivity index (χ3v) is 5.62. The first-order chi connectivity index (χ1) is 15.1. The fraction of sp³-hybridized carbons (Fsp3) is 0.391. The van der Waals surface area contributed by atoms with Crippen LogP contribution in [0.1, 0.15) is 30.3 Å². The molecule has 0 spiro atoms. The molecule has 2 heterocycles. The highest BCUT2D eigenvalue weighted by Gasteiger charge is 2.32. The van der Waals surface area contributed by atoms with E-state index in [4.69, 9.17) is 4.74 Å². The molecule has 162 valence electrons. The molecule has 2 aromatic carbocycles. The Morgan fingerprint density at radius 2 is 2.06 bits per heavy atom. The van der Waals surface area contributed by atoms with Crippen LogP contribution in [0.4, 0.5) is 4.39 Å². The third-order valence-electron chi connectivity index (χ3n) is 5.62. The largest absolute Gasteiger partial charge is 0.493 e. The molecule has 8 heteroatoms. The average molecular weight is 423 g/mol. The second-order valence-corrected chi connectivity index (χ2v) is 7.94. The van der Waals surface area contributed by atoms with Crippen LogP contribution in [0.3, 0.4) is 0 Å². The van der Waals surface area contributed by atoms with Crippen LogP contribution in [-0.2, 0) is 11.2 Å². The van der Waals surface area contributed by atoms with Crippen LogP contribution in [0.5, 0.6) is 5.75 Å². The van der Waals surface area contributed by atoms with Gasteiger partial charge in [0.05, 0.1) is 6.61 Å². The molecule has 0 N–H and O–H groups in total. The minimum atomic E-state index is -0.620. The number of tetrazole rings is 1. The quantitative estimate of drug-likeness (QED) is 0.583. The van der Waals surface area contributed by atoms with Crippen molar-refractivity contribution < 1.29 is 13.9 Å². The highest BCUT2D eigenvalue weighted by molar-refractivity contribution is 5.81. The number of carbonyl (C=O) groups excluding carboxylic acids is 1. The highest BCUT2D eigenvalue weighted by atomic mass is 19.1. The van der Waals surface area contributed by atoms with E-state index < -0.39 is 6.04 Å². The van der Waals surface area contributed by atoms with Gasteiger partial charge in [0.15, 0.2) is 0 Å². The number of benzene rings is 2. The highest BCUT2D eigenvalue weighted by Crippen LogP contribution is 2.24. The normalized spacial score (nSPS) is 17.4. The number of aromatic nitrogens is 4. The van der Waals surface area contributed by atoms with E-state index in [-0.39, 0.29) is 17.6 Å². The molecular formula is C23H26FN5O2. The Morgan fingerprint density at radius 3 is 2.81 bits per heavy atom. The zero-order chi connectivity index (χ0) is 21.6. The molecule has 31 heavy (non-hydrogen) atoms. The van der Waals surface area contributed by atoms with E-state index in [1.54, 1.807) is 13.0 Å². The summed E-state index contributed by atoms with van der Waals surface area (Å²) in [5.41, 5.74) is 0.731. The molecule has 1 aliphatic rings. The number of carbonyl (C=O) groups is 1. The van der Waals surface area contributed by atoms with Crippen LogP contribution in [0.15, 0.2) is 54.6 Å². The van der Waals surface area contributed by atoms with E-state index >= 15 is 0 Å². The van der Waals surface area contributed by atoms with Gasteiger partial charge in [-0.3, -0.25) is 4.79 Å². The van der Waals surface area contributed by atoms with Crippen LogP contribution in [0.25, 0.3) is 0 Å². The van der Waals surface area contributed by atoms with Gasteiger partial charge in [-0.05, 0) is 60.0 Å². The lowest BCUT2D eigenvalue weighted by atomic mass is 9.97. The number of rotatable bonds is 7. The van der Waals surface area contributed by atoms with Gasteiger partial charge >= 0.3 is 0 Å². The average Bonchev–Trinajstić information content (AvgIpc) is 3.22. The molecule has 0 saturated carbocycles. The number of halogens is 1. The maximum atomic E-state index is 13.7. The molecule has 0 aliphatic carbocycles. The Bertz CT molecular complexity index is 1010. The van der Waals surface area contributed by atoms with Crippen molar-refractivity contribution in [2.75, 3.05) is 19.7 Å². The second-order valence-electron chi connectivity index (χ2n) is 7.94. The predicted molar refractivity (Wildman–Crippen MR) is 113 cm³/mol. The number of ether oxygens (including phenoxy) is 1. The Hall–Kier alpha value is -3.29. The lowest BCUT2D eigenvalue weighted by molar-refractivity contribution is -0.137. The number of piperidine rings is 1. The first-order valence-corrected chi connectivity index (χ1v) is 10.6. The fourth-order valence-electron chi connectivity index (χ4n) is 4.03. The molecule has 4 rings (SSSR count). The van der Waals surface area contributed by atoms with Crippen LogP contribution in [0.2, 0.25) is 0 Å². The van der Waals surface area contributed by atoms with E-state index in [2.05, 4.69) is 15.5 Å². The fourth-order valence-corrected chi connectivity index (χ4v) is 4.03. The van der Waals surface area contributed by atoms with Gasteiger partial charge in [0.1, 0.15) is 23.4 Å².